The molecule has 0 saturated heterocycles. The molecule has 0 amide bonds. The van der Waals surface area contributed by atoms with Gasteiger partial charge in [0.25, 0.3) is 0 Å². The Balaban J connectivity index is 0. The third kappa shape index (κ3) is 5.43. The van der Waals surface area contributed by atoms with Crippen molar-refractivity contribution in [2.45, 2.75) is 6.10 Å². The van der Waals surface area contributed by atoms with Crippen molar-refractivity contribution >= 4 is 17.7 Å². The van der Waals surface area contributed by atoms with E-state index in [-0.39, 0.29) is 42.1 Å². The number of carbonyl (C=O) groups is 3. The van der Waals surface area contributed by atoms with Crippen LogP contribution in [0.15, 0.2) is 36.9 Å². The zero-order chi connectivity index (χ0) is 15.1. The molecule has 1 N–H and O–H groups in total. The van der Waals surface area contributed by atoms with E-state index in [1.807, 2.05) is 0 Å². The van der Waals surface area contributed by atoms with Gasteiger partial charge in [0.1, 0.15) is 6.61 Å². The number of hydrogen-bond acceptors (Lipinski definition) is 6. The molecule has 0 spiro atoms. The van der Waals surface area contributed by atoms with E-state index < -0.39 is 30.4 Å². The predicted molar refractivity (Wildman–Crippen MR) is 70.4 cm³/mol. The number of carbonyl (C=O) groups excluding carboxylic acids is 3. The van der Waals surface area contributed by atoms with Crippen LogP contribution in [0.2, 0.25) is 0 Å². The molecular weight excluding hydrogens is 287 g/mol. The van der Waals surface area contributed by atoms with Crippen LogP contribution in [0, 0.1) is 0 Å². The van der Waals surface area contributed by atoms with E-state index in [1.165, 1.54) is 19.2 Å². The maximum atomic E-state index is 11.8. The molecule has 1 aromatic carbocycles. The van der Waals surface area contributed by atoms with Crippen molar-refractivity contribution in [1.82, 2.24) is 0 Å². The van der Waals surface area contributed by atoms with E-state index in [4.69, 9.17) is 4.74 Å². The van der Waals surface area contributed by atoms with Crippen LogP contribution in [0.25, 0.3) is 0 Å². The van der Waals surface area contributed by atoms with E-state index in [9.17, 15) is 19.5 Å². The minimum Gasteiger partial charge on any atom is -1.00 e. The fraction of sp³-hybridized carbons (Fsp3) is 0.214. The van der Waals surface area contributed by atoms with Gasteiger partial charge in [-0.1, -0.05) is 18.7 Å². The topological polar surface area (TPSA) is 89.9 Å². The maximum Gasteiger partial charge on any atom is 1.00 e. The Morgan fingerprint density at radius 3 is 2.29 bits per heavy atom. The fourth-order valence-corrected chi connectivity index (χ4v) is 1.40. The number of esters is 2. The van der Waals surface area contributed by atoms with Crippen molar-refractivity contribution in [3.63, 3.8) is 0 Å². The number of aliphatic hydroxyl groups is 1. The monoisotopic (exact) mass is 302 g/mol. The van der Waals surface area contributed by atoms with Crippen molar-refractivity contribution in [2.75, 3.05) is 13.7 Å². The molecule has 0 bridgehead atoms. The number of ether oxygens (including phenoxy) is 2. The van der Waals surface area contributed by atoms with Gasteiger partial charge in [0.15, 0.2) is 11.9 Å². The Morgan fingerprint density at radius 1 is 1.29 bits per heavy atom. The minimum absolute atomic E-state index is 0. The minimum atomic E-state index is -1.47. The summed E-state index contributed by atoms with van der Waals surface area (Å²) in [6.07, 6.45) is -0.539. The summed E-state index contributed by atoms with van der Waals surface area (Å²) in [6.45, 7) is 2.69. The fourth-order valence-electron chi connectivity index (χ4n) is 1.40. The second-order valence-corrected chi connectivity index (χ2v) is 3.76. The Morgan fingerprint density at radius 2 is 1.81 bits per heavy atom. The average Bonchev–Trinajstić information content (AvgIpc) is 2.50. The molecule has 21 heavy (non-hydrogen) atoms. The molecule has 1 rings (SSSR count). The maximum absolute atomic E-state index is 11.8. The van der Waals surface area contributed by atoms with Gasteiger partial charge in [0.05, 0.1) is 18.2 Å². The average molecular weight is 302 g/mol. The Labute approximate surface area is 145 Å². The Bertz CT molecular complexity index is 546. The van der Waals surface area contributed by atoms with Crippen LogP contribution in [0.4, 0.5) is 0 Å². The Hall–Kier alpha value is -1.47. The molecule has 0 heterocycles. The second-order valence-electron chi connectivity index (χ2n) is 3.76. The summed E-state index contributed by atoms with van der Waals surface area (Å²) >= 11 is 0. The van der Waals surface area contributed by atoms with Gasteiger partial charge in [-0.3, -0.25) is 4.79 Å². The number of rotatable bonds is 6. The number of aliphatic hydroxyl groups excluding tert-OH is 1. The summed E-state index contributed by atoms with van der Waals surface area (Å²) in [7, 11) is 1.19. The second kappa shape index (κ2) is 9.46. The number of methoxy groups -OCH3 is 1. The number of benzene rings is 1. The first-order valence-electron chi connectivity index (χ1n) is 5.70. The molecule has 0 aliphatic heterocycles. The third-order valence-electron chi connectivity index (χ3n) is 2.45. The van der Waals surface area contributed by atoms with Crippen molar-refractivity contribution in [1.29, 1.82) is 0 Å². The van der Waals surface area contributed by atoms with Gasteiger partial charge < -0.3 is 16.0 Å². The molecule has 0 radical (unpaired) electrons. The molecule has 7 heteroatoms. The van der Waals surface area contributed by atoms with Crippen LogP contribution in [0.3, 0.4) is 0 Å². The molecule has 0 aliphatic carbocycles. The van der Waals surface area contributed by atoms with Gasteiger partial charge in [0.2, 0.25) is 0 Å². The normalized spacial score (nSPS) is 10.8. The van der Waals surface area contributed by atoms with Crippen LogP contribution in [0.1, 0.15) is 22.1 Å². The standard InChI is InChI=1S/C14H14O6.Na.H/c1-3-11(15)12(16)8-20-14(18)10-7-5-4-6-9(10)13(17)19-2;;/h3-7,12,16H,1,8H2,2H3;;/q;+1;-1. The molecule has 0 aromatic heterocycles. The van der Waals surface area contributed by atoms with E-state index in [1.54, 1.807) is 12.1 Å². The molecular formula is C14H15NaO6. The molecule has 1 aromatic rings. The summed E-state index contributed by atoms with van der Waals surface area (Å²) in [5.74, 6) is -2.17. The first-order chi connectivity index (χ1) is 9.51. The number of ketones is 1. The van der Waals surface area contributed by atoms with Gasteiger partial charge >= 0.3 is 41.5 Å². The van der Waals surface area contributed by atoms with Gasteiger partial charge in [0, 0.05) is 0 Å². The third-order valence-corrected chi connectivity index (χ3v) is 2.45. The summed E-state index contributed by atoms with van der Waals surface area (Å²) in [5.41, 5.74) is 0.0436. The molecule has 108 valence electrons. The van der Waals surface area contributed by atoms with Crippen molar-refractivity contribution in [3.05, 3.63) is 48.0 Å². The van der Waals surface area contributed by atoms with Crippen LogP contribution in [0.5, 0.6) is 0 Å². The van der Waals surface area contributed by atoms with Crippen LogP contribution in [-0.2, 0) is 14.3 Å². The van der Waals surface area contributed by atoms with E-state index >= 15 is 0 Å². The summed E-state index contributed by atoms with van der Waals surface area (Å²) in [6, 6.07) is 5.91. The van der Waals surface area contributed by atoms with Crippen LogP contribution >= 0.6 is 0 Å². The summed E-state index contributed by atoms with van der Waals surface area (Å²) in [4.78, 5) is 34.4. The van der Waals surface area contributed by atoms with E-state index in [2.05, 4.69) is 11.3 Å². The van der Waals surface area contributed by atoms with Gasteiger partial charge in [-0.15, -0.1) is 0 Å². The van der Waals surface area contributed by atoms with Gasteiger partial charge in [-0.2, -0.15) is 0 Å². The largest absolute Gasteiger partial charge is 1.00 e. The van der Waals surface area contributed by atoms with Crippen LogP contribution in [-0.4, -0.2) is 42.6 Å². The quantitative estimate of drug-likeness (QED) is 0.366. The first kappa shape index (κ1) is 19.5. The van der Waals surface area contributed by atoms with Gasteiger partial charge in [-0.05, 0) is 18.2 Å². The summed E-state index contributed by atoms with van der Waals surface area (Å²) < 4.78 is 9.33. The van der Waals surface area contributed by atoms with Crippen LogP contribution < -0.4 is 29.6 Å². The molecule has 1 unspecified atom stereocenters. The summed E-state index contributed by atoms with van der Waals surface area (Å²) in [5, 5.41) is 9.35. The number of hydrogen-bond donors (Lipinski definition) is 1. The van der Waals surface area contributed by atoms with Gasteiger partial charge in [-0.25, -0.2) is 9.59 Å². The molecule has 0 aliphatic rings. The molecule has 0 saturated carbocycles. The smallest absolute Gasteiger partial charge is 1.00 e. The zero-order valence-corrected chi connectivity index (χ0v) is 13.9. The van der Waals surface area contributed by atoms with Crippen molar-refractivity contribution in [3.8, 4) is 0 Å². The van der Waals surface area contributed by atoms with Crippen molar-refractivity contribution < 1.29 is 59.9 Å². The molecule has 6 nitrogen and oxygen atoms in total. The predicted octanol–water partition coefficient (Wildman–Crippen LogP) is -2.14. The van der Waals surface area contributed by atoms with E-state index in [0.29, 0.717) is 0 Å². The van der Waals surface area contributed by atoms with Crippen molar-refractivity contribution in [2.24, 2.45) is 0 Å². The molecule has 0 fully saturated rings. The molecule has 1 atom stereocenters. The van der Waals surface area contributed by atoms with E-state index in [0.717, 1.165) is 6.08 Å². The zero-order valence-electron chi connectivity index (χ0n) is 12.9. The SMILES string of the molecule is C=CC(=O)C(O)COC(=O)c1ccccc1C(=O)OC.[H-].[Na+]. The first-order valence-corrected chi connectivity index (χ1v) is 5.70. The Kier molecular flexibility index (Phi) is 8.80.